The van der Waals surface area contributed by atoms with Crippen molar-refractivity contribution in [2.45, 2.75) is 91.4 Å². The van der Waals surface area contributed by atoms with Crippen LogP contribution in [0.15, 0.2) is 0 Å². The van der Waals surface area contributed by atoms with Crippen molar-refractivity contribution < 1.29 is 10.0 Å². The molecule has 114 valence electrons. The van der Waals surface area contributed by atoms with E-state index in [9.17, 15) is 4.79 Å². The molecule has 0 aromatic rings. The van der Waals surface area contributed by atoms with Crippen LogP contribution >= 0.6 is 0 Å². The Balaban J connectivity index is 3.54. The van der Waals surface area contributed by atoms with Gasteiger partial charge in [-0.2, -0.15) is 0 Å². The maximum atomic E-state index is 11.6. The summed E-state index contributed by atoms with van der Waals surface area (Å²) in [5.41, 5.74) is 1.39. The first-order valence-electron chi connectivity index (χ1n) is 8.05. The van der Waals surface area contributed by atoms with E-state index in [-0.39, 0.29) is 5.91 Å². The van der Waals surface area contributed by atoms with E-state index in [1.165, 1.54) is 51.4 Å². The monoisotopic (exact) mass is 271 g/mol. The highest BCUT2D eigenvalue weighted by molar-refractivity contribution is 5.80. The third kappa shape index (κ3) is 8.25. The average Bonchev–Trinajstić information content (AvgIpc) is 2.44. The summed E-state index contributed by atoms with van der Waals surface area (Å²) >= 11 is 0. The molecule has 1 amide bonds. The van der Waals surface area contributed by atoms with Crippen LogP contribution in [0.1, 0.15) is 91.4 Å². The summed E-state index contributed by atoms with van der Waals surface area (Å²) in [5.74, 6) is -0.241. The summed E-state index contributed by atoms with van der Waals surface area (Å²) in [6.07, 6.45) is 13.3. The third-order valence-electron chi connectivity index (χ3n) is 4.26. The molecule has 0 saturated heterocycles. The summed E-state index contributed by atoms with van der Waals surface area (Å²) in [4.78, 5) is 11.6. The van der Waals surface area contributed by atoms with Gasteiger partial charge in [0.1, 0.15) is 0 Å². The second kappa shape index (κ2) is 11.3. The van der Waals surface area contributed by atoms with Gasteiger partial charge in [-0.3, -0.25) is 10.0 Å². The molecule has 0 radical (unpaired) electrons. The number of unbranched alkanes of at least 4 members (excludes halogenated alkanes) is 8. The van der Waals surface area contributed by atoms with Gasteiger partial charge in [0, 0.05) is 5.41 Å². The third-order valence-corrected chi connectivity index (χ3v) is 4.26. The molecule has 0 fully saturated rings. The van der Waals surface area contributed by atoms with E-state index < -0.39 is 5.41 Å². The highest BCUT2D eigenvalue weighted by Gasteiger charge is 2.30. The van der Waals surface area contributed by atoms with E-state index in [1.54, 1.807) is 5.48 Å². The van der Waals surface area contributed by atoms with Gasteiger partial charge in [0.2, 0.25) is 5.91 Å². The lowest BCUT2D eigenvalue weighted by molar-refractivity contribution is -0.139. The summed E-state index contributed by atoms with van der Waals surface area (Å²) in [6.45, 7) is 6.18. The number of nitrogens with one attached hydrogen (secondary N) is 1. The Morgan fingerprint density at radius 3 is 1.84 bits per heavy atom. The lowest BCUT2D eigenvalue weighted by Crippen LogP contribution is -2.36. The van der Waals surface area contributed by atoms with Crippen molar-refractivity contribution in [1.29, 1.82) is 0 Å². The summed E-state index contributed by atoms with van der Waals surface area (Å²) in [5, 5.41) is 8.75. The molecule has 0 aromatic carbocycles. The predicted octanol–water partition coefficient (Wildman–Crippen LogP) is 4.83. The number of hydrogen-bond acceptors (Lipinski definition) is 2. The quantitative estimate of drug-likeness (QED) is 0.303. The smallest absolute Gasteiger partial charge is 0.249 e. The van der Waals surface area contributed by atoms with Crippen LogP contribution in [0.4, 0.5) is 0 Å². The van der Waals surface area contributed by atoms with Crippen molar-refractivity contribution in [2.24, 2.45) is 5.41 Å². The molecule has 19 heavy (non-hydrogen) atoms. The fraction of sp³-hybridized carbons (Fsp3) is 0.938. The molecule has 0 spiro atoms. The molecular formula is C16H33NO2. The molecule has 3 heteroatoms. The van der Waals surface area contributed by atoms with Crippen molar-refractivity contribution >= 4 is 5.91 Å². The Morgan fingerprint density at radius 1 is 0.947 bits per heavy atom. The molecule has 1 unspecified atom stereocenters. The lowest BCUT2D eigenvalue weighted by Gasteiger charge is -2.25. The van der Waals surface area contributed by atoms with Gasteiger partial charge in [0.25, 0.3) is 0 Å². The Bertz CT molecular complexity index is 231. The average molecular weight is 271 g/mol. The van der Waals surface area contributed by atoms with Crippen LogP contribution in [0.5, 0.6) is 0 Å². The first-order chi connectivity index (χ1) is 9.10. The summed E-state index contributed by atoms with van der Waals surface area (Å²) in [7, 11) is 0. The first kappa shape index (κ1) is 18.4. The highest BCUT2D eigenvalue weighted by atomic mass is 16.5. The largest absolute Gasteiger partial charge is 0.289 e. The van der Waals surface area contributed by atoms with E-state index in [0.717, 1.165) is 19.3 Å². The second-order valence-corrected chi connectivity index (χ2v) is 5.93. The molecule has 0 aliphatic rings. The SMILES string of the molecule is CCCCCCCCCCCC(C)(CC)C(=O)NO. The number of carbonyl (C=O) groups excluding carboxylic acids is 1. The second-order valence-electron chi connectivity index (χ2n) is 5.93. The normalized spacial score (nSPS) is 14.1. The summed E-state index contributed by atoms with van der Waals surface area (Å²) in [6, 6.07) is 0. The molecule has 0 rings (SSSR count). The van der Waals surface area contributed by atoms with Crippen molar-refractivity contribution in [3.05, 3.63) is 0 Å². The van der Waals surface area contributed by atoms with Crippen molar-refractivity contribution in [3.63, 3.8) is 0 Å². The molecule has 1 atom stereocenters. The van der Waals surface area contributed by atoms with Crippen LogP contribution in [0.3, 0.4) is 0 Å². The van der Waals surface area contributed by atoms with Crippen molar-refractivity contribution in [3.8, 4) is 0 Å². The number of hydroxylamine groups is 1. The fourth-order valence-electron chi connectivity index (χ4n) is 2.41. The Morgan fingerprint density at radius 2 is 1.42 bits per heavy atom. The topological polar surface area (TPSA) is 49.3 Å². The molecule has 2 N–H and O–H groups in total. The zero-order chi connectivity index (χ0) is 14.6. The summed E-state index contributed by atoms with van der Waals surface area (Å²) < 4.78 is 0. The minimum Gasteiger partial charge on any atom is -0.289 e. The Kier molecular flexibility index (Phi) is 10.9. The zero-order valence-corrected chi connectivity index (χ0v) is 13.1. The molecule has 3 nitrogen and oxygen atoms in total. The van der Waals surface area contributed by atoms with E-state index in [0.29, 0.717) is 0 Å². The van der Waals surface area contributed by atoms with Crippen molar-refractivity contribution in [1.82, 2.24) is 5.48 Å². The number of rotatable bonds is 12. The maximum Gasteiger partial charge on any atom is 0.249 e. The standard InChI is InChI=1S/C16H33NO2/c1-4-6-7-8-9-10-11-12-13-14-16(3,5-2)15(18)17-19/h19H,4-14H2,1-3H3,(H,17,18). The molecule has 0 heterocycles. The number of carbonyl (C=O) groups is 1. The van der Waals surface area contributed by atoms with Crippen molar-refractivity contribution in [2.75, 3.05) is 0 Å². The van der Waals surface area contributed by atoms with Crippen LogP contribution in [-0.4, -0.2) is 11.1 Å². The molecule has 0 bridgehead atoms. The van der Waals surface area contributed by atoms with Gasteiger partial charge >= 0.3 is 0 Å². The van der Waals surface area contributed by atoms with Crippen LogP contribution in [0, 0.1) is 5.41 Å². The van der Waals surface area contributed by atoms with Gasteiger partial charge in [-0.05, 0) is 12.8 Å². The number of amides is 1. The van der Waals surface area contributed by atoms with Gasteiger partial charge in [-0.1, -0.05) is 78.6 Å². The molecule has 0 aliphatic heterocycles. The molecule has 0 aliphatic carbocycles. The zero-order valence-electron chi connectivity index (χ0n) is 13.1. The maximum absolute atomic E-state index is 11.6. The minimum absolute atomic E-state index is 0.241. The van der Waals surface area contributed by atoms with Crippen LogP contribution in [0.25, 0.3) is 0 Å². The minimum atomic E-state index is -0.407. The van der Waals surface area contributed by atoms with E-state index >= 15 is 0 Å². The predicted molar refractivity (Wildman–Crippen MR) is 80.2 cm³/mol. The lowest BCUT2D eigenvalue weighted by atomic mass is 9.81. The highest BCUT2D eigenvalue weighted by Crippen LogP contribution is 2.28. The molecular weight excluding hydrogens is 238 g/mol. The van der Waals surface area contributed by atoms with Gasteiger partial charge in [-0.25, -0.2) is 5.48 Å². The van der Waals surface area contributed by atoms with Crippen LogP contribution < -0.4 is 5.48 Å². The molecule has 0 saturated carbocycles. The van der Waals surface area contributed by atoms with E-state index in [1.807, 2.05) is 13.8 Å². The Labute approximate surface area is 119 Å². The van der Waals surface area contributed by atoms with Gasteiger partial charge in [0.15, 0.2) is 0 Å². The Hall–Kier alpha value is -0.570. The van der Waals surface area contributed by atoms with Gasteiger partial charge in [0.05, 0.1) is 0 Å². The fourth-order valence-corrected chi connectivity index (χ4v) is 2.41. The molecule has 0 aromatic heterocycles. The first-order valence-corrected chi connectivity index (χ1v) is 8.05. The van der Waals surface area contributed by atoms with E-state index in [4.69, 9.17) is 5.21 Å². The van der Waals surface area contributed by atoms with Crippen LogP contribution in [-0.2, 0) is 4.79 Å². The number of hydrogen-bond donors (Lipinski definition) is 2. The van der Waals surface area contributed by atoms with Crippen LogP contribution in [0.2, 0.25) is 0 Å². The van der Waals surface area contributed by atoms with Gasteiger partial charge < -0.3 is 0 Å². The van der Waals surface area contributed by atoms with Gasteiger partial charge in [-0.15, -0.1) is 0 Å². The van der Waals surface area contributed by atoms with E-state index in [2.05, 4.69) is 6.92 Å².